The highest BCUT2D eigenvalue weighted by Crippen LogP contribution is 2.24. The molecule has 0 saturated carbocycles. The molecule has 1 aromatic carbocycles. The smallest absolute Gasteiger partial charge is 0.387 e. The number of hydrogen-bond acceptors (Lipinski definition) is 1. The first-order valence-corrected chi connectivity index (χ1v) is 5.92. The van der Waals surface area contributed by atoms with E-state index in [0.717, 1.165) is 18.4 Å². The molecule has 0 aliphatic carbocycles. The molecule has 0 aliphatic heterocycles. The summed E-state index contributed by atoms with van der Waals surface area (Å²) in [4.78, 5) is 0. The van der Waals surface area contributed by atoms with Crippen molar-refractivity contribution in [2.45, 2.75) is 25.3 Å². The van der Waals surface area contributed by atoms with Crippen LogP contribution in [-0.4, -0.2) is 12.5 Å². The zero-order valence-electron chi connectivity index (χ0n) is 8.56. The van der Waals surface area contributed by atoms with Gasteiger partial charge in [0.2, 0.25) is 0 Å². The summed E-state index contributed by atoms with van der Waals surface area (Å²) >= 11 is 11.2. The van der Waals surface area contributed by atoms with Crippen LogP contribution in [0.25, 0.3) is 0 Å². The Morgan fingerprint density at radius 2 is 2.00 bits per heavy atom. The van der Waals surface area contributed by atoms with Crippen LogP contribution in [0, 0.1) is 0 Å². The number of aryl methyl sites for hydroxylation is 1. The minimum absolute atomic E-state index is 0.139. The summed E-state index contributed by atoms with van der Waals surface area (Å²) in [5, 5.41) is 0. The maximum Gasteiger partial charge on any atom is 0.387 e. The fourth-order valence-electron chi connectivity index (χ4n) is 1.37. The van der Waals surface area contributed by atoms with Crippen molar-refractivity contribution in [3.8, 4) is 5.75 Å². The Bertz CT molecular complexity index is 332. The molecular formula is C11H12Cl2F2O. The van der Waals surface area contributed by atoms with Gasteiger partial charge in [-0.3, -0.25) is 0 Å². The van der Waals surface area contributed by atoms with E-state index in [2.05, 4.69) is 4.74 Å². The summed E-state index contributed by atoms with van der Waals surface area (Å²) in [6.07, 6.45) is 1.65. The van der Waals surface area contributed by atoms with Gasteiger partial charge in [0.1, 0.15) is 5.75 Å². The SMILES string of the molecule is FC(F)Oc1ccc(CCCCl)cc1CCl. The average molecular weight is 269 g/mol. The Hall–Kier alpha value is -0.540. The molecule has 0 N–H and O–H groups in total. The molecule has 0 aromatic heterocycles. The molecule has 0 spiro atoms. The van der Waals surface area contributed by atoms with Crippen molar-refractivity contribution in [2.24, 2.45) is 0 Å². The second-order valence-electron chi connectivity index (χ2n) is 3.25. The quantitative estimate of drug-likeness (QED) is 0.703. The number of halogens is 4. The average Bonchev–Trinajstić information content (AvgIpc) is 2.27. The lowest BCUT2D eigenvalue weighted by Gasteiger charge is -2.10. The molecule has 1 rings (SSSR count). The molecule has 5 heteroatoms. The largest absolute Gasteiger partial charge is 0.435 e. The maximum atomic E-state index is 12.1. The molecular weight excluding hydrogens is 257 g/mol. The summed E-state index contributed by atoms with van der Waals surface area (Å²) in [6, 6.07) is 5.05. The Labute approximate surface area is 103 Å². The molecule has 0 atom stereocenters. The summed E-state index contributed by atoms with van der Waals surface area (Å²) in [7, 11) is 0. The predicted octanol–water partition coefficient (Wildman–Crippen LogP) is 4.20. The minimum atomic E-state index is -2.82. The first kappa shape index (κ1) is 13.5. The standard InChI is InChI=1S/C11H12Cl2F2O/c12-5-1-2-8-3-4-10(16-11(14)15)9(6-8)7-13/h3-4,6,11H,1-2,5,7H2. The van der Waals surface area contributed by atoms with Crippen molar-refractivity contribution in [1.82, 2.24) is 0 Å². The van der Waals surface area contributed by atoms with Crippen LogP contribution in [-0.2, 0) is 12.3 Å². The highest BCUT2D eigenvalue weighted by molar-refractivity contribution is 6.17. The Kier molecular flexibility index (Phi) is 5.85. The molecule has 0 amide bonds. The molecule has 1 aromatic rings. The number of rotatable bonds is 6. The number of hydrogen-bond donors (Lipinski definition) is 0. The van der Waals surface area contributed by atoms with Crippen LogP contribution in [0.5, 0.6) is 5.75 Å². The van der Waals surface area contributed by atoms with E-state index in [4.69, 9.17) is 23.2 Å². The number of benzene rings is 1. The van der Waals surface area contributed by atoms with E-state index in [1.165, 1.54) is 6.07 Å². The van der Waals surface area contributed by atoms with E-state index in [-0.39, 0.29) is 11.6 Å². The van der Waals surface area contributed by atoms with E-state index < -0.39 is 6.61 Å². The lowest BCUT2D eigenvalue weighted by atomic mass is 10.1. The highest BCUT2D eigenvalue weighted by atomic mass is 35.5. The third-order valence-electron chi connectivity index (χ3n) is 2.08. The minimum Gasteiger partial charge on any atom is -0.435 e. The van der Waals surface area contributed by atoms with Gasteiger partial charge >= 0.3 is 6.61 Å². The van der Waals surface area contributed by atoms with Gasteiger partial charge in [0.15, 0.2) is 0 Å². The second-order valence-corrected chi connectivity index (χ2v) is 3.89. The fourth-order valence-corrected chi connectivity index (χ4v) is 1.72. The monoisotopic (exact) mass is 268 g/mol. The second kappa shape index (κ2) is 6.92. The molecule has 0 saturated heterocycles. The van der Waals surface area contributed by atoms with E-state index >= 15 is 0 Å². The van der Waals surface area contributed by atoms with Crippen LogP contribution < -0.4 is 4.74 Å². The topological polar surface area (TPSA) is 9.23 Å². The normalized spacial score (nSPS) is 10.8. The molecule has 1 nitrogen and oxygen atoms in total. The van der Waals surface area contributed by atoms with Gasteiger partial charge in [-0.05, 0) is 24.5 Å². The maximum absolute atomic E-state index is 12.1. The molecule has 0 bridgehead atoms. The summed E-state index contributed by atoms with van der Waals surface area (Å²) in [5.74, 6) is 0.863. The molecule has 0 aliphatic rings. The Balaban J connectivity index is 2.79. The number of alkyl halides is 4. The molecule has 0 unspecified atom stereocenters. The zero-order valence-corrected chi connectivity index (χ0v) is 10.1. The third kappa shape index (κ3) is 4.14. The Morgan fingerprint density at radius 3 is 2.56 bits per heavy atom. The lowest BCUT2D eigenvalue weighted by Crippen LogP contribution is -2.04. The van der Waals surface area contributed by atoms with Crippen molar-refractivity contribution in [3.63, 3.8) is 0 Å². The van der Waals surface area contributed by atoms with Gasteiger partial charge in [-0.25, -0.2) is 0 Å². The molecule has 0 fully saturated rings. The van der Waals surface area contributed by atoms with Gasteiger partial charge in [-0.15, -0.1) is 23.2 Å². The first-order chi connectivity index (χ1) is 7.67. The molecule has 0 radical (unpaired) electrons. The van der Waals surface area contributed by atoms with Crippen LogP contribution in [0.4, 0.5) is 8.78 Å². The van der Waals surface area contributed by atoms with Crippen LogP contribution >= 0.6 is 23.2 Å². The van der Waals surface area contributed by atoms with E-state index in [9.17, 15) is 8.78 Å². The van der Waals surface area contributed by atoms with E-state index in [1.807, 2.05) is 0 Å². The zero-order chi connectivity index (χ0) is 12.0. The molecule has 90 valence electrons. The van der Waals surface area contributed by atoms with Crippen LogP contribution in [0.3, 0.4) is 0 Å². The van der Waals surface area contributed by atoms with Gasteiger partial charge < -0.3 is 4.74 Å². The van der Waals surface area contributed by atoms with Crippen molar-refractivity contribution >= 4 is 23.2 Å². The van der Waals surface area contributed by atoms with Gasteiger partial charge in [-0.2, -0.15) is 8.78 Å². The van der Waals surface area contributed by atoms with E-state index in [0.29, 0.717) is 11.4 Å². The van der Waals surface area contributed by atoms with Gasteiger partial charge in [-0.1, -0.05) is 12.1 Å². The van der Waals surface area contributed by atoms with Crippen LogP contribution in [0.15, 0.2) is 18.2 Å². The van der Waals surface area contributed by atoms with Gasteiger partial charge in [0.25, 0.3) is 0 Å². The van der Waals surface area contributed by atoms with Gasteiger partial charge in [0.05, 0.1) is 5.88 Å². The molecule has 0 heterocycles. The van der Waals surface area contributed by atoms with Gasteiger partial charge in [0, 0.05) is 11.4 Å². The van der Waals surface area contributed by atoms with Crippen LogP contribution in [0.2, 0.25) is 0 Å². The van der Waals surface area contributed by atoms with E-state index in [1.54, 1.807) is 12.1 Å². The van der Waals surface area contributed by atoms with Crippen molar-refractivity contribution in [3.05, 3.63) is 29.3 Å². The fraction of sp³-hybridized carbons (Fsp3) is 0.455. The molecule has 16 heavy (non-hydrogen) atoms. The summed E-state index contributed by atoms with van der Waals surface area (Å²) in [6.45, 7) is -2.82. The summed E-state index contributed by atoms with van der Waals surface area (Å²) < 4.78 is 28.5. The van der Waals surface area contributed by atoms with Crippen LogP contribution in [0.1, 0.15) is 17.5 Å². The predicted molar refractivity (Wildman–Crippen MR) is 61.7 cm³/mol. The Morgan fingerprint density at radius 1 is 1.25 bits per heavy atom. The van der Waals surface area contributed by atoms with Crippen molar-refractivity contribution in [1.29, 1.82) is 0 Å². The number of ether oxygens (including phenoxy) is 1. The lowest BCUT2D eigenvalue weighted by molar-refractivity contribution is -0.0503. The first-order valence-electron chi connectivity index (χ1n) is 4.86. The van der Waals surface area contributed by atoms with Crippen molar-refractivity contribution in [2.75, 3.05) is 5.88 Å². The summed E-state index contributed by atoms with van der Waals surface area (Å²) in [5.41, 5.74) is 1.60. The van der Waals surface area contributed by atoms with Crippen molar-refractivity contribution < 1.29 is 13.5 Å². The third-order valence-corrected chi connectivity index (χ3v) is 2.64. The highest BCUT2D eigenvalue weighted by Gasteiger charge is 2.09.